The van der Waals surface area contributed by atoms with Crippen LogP contribution in [0.3, 0.4) is 0 Å². The number of furan rings is 1. The van der Waals surface area contributed by atoms with Crippen LogP contribution in [-0.4, -0.2) is 9.12 Å². The molecule has 8 rings (SSSR count). The molecule has 0 aliphatic rings. The molecule has 0 unspecified atom stereocenters. The molecule has 43 heavy (non-hydrogen) atoms. The number of para-hydroxylation sites is 3. The SMILES string of the molecule is CC.OS.c1ccc(-n2c3ccccc3c3ccc(-c4ccc(Nc5ccc6c(c5)oc5ccccc56)cc4)cc32)cc1. The summed E-state index contributed by atoms with van der Waals surface area (Å²) in [5.41, 5.74) is 9.81. The van der Waals surface area contributed by atoms with Crippen LogP contribution in [0.15, 0.2) is 144 Å². The first kappa shape index (κ1) is 28.2. The van der Waals surface area contributed by atoms with Gasteiger partial charge < -0.3 is 18.9 Å². The third-order valence-corrected chi connectivity index (χ3v) is 7.57. The molecule has 6 aromatic carbocycles. The summed E-state index contributed by atoms with van der Waals surface area (Å²) in [7, 11) is 0. The molecular formula is C38H32N2O2S. The molecule has 2 aromatic heterocycles. The Labute approximate surface area is 256 Å². The average Bonchev–Trinajstić information content (AvgIpc) is 3.62. The maximum Gasteiger partial charge on any atom is 0.137 e. The molecule has 0 fully saturated rings. The van der Waals surface area contributed by atoms with E-state index >= 15 is 0 Å². The molecule has 4 nitrogen and oxygen atoms in total. The number of hydrogen-bond acceptors (Lipinski definition) is 4. The standard InChI is InChI=1S/C36H24N2O.C2H6.H2OS/c1-2-8-28(9-3-1)38-33-12-6-4-10-29(33)30-20-16-25(22-34(30)38)24-14-17-26(18-15-24)37-27-19-21-32-31-11-5-7-13-35(31)39-36(32)23-27;2*1-2/h1-23,37H;1-2H3;1-2H. The zero-order valence-corrected chi connectivity index (χ0v) is 24.9. The smallest absolute Gasteiger partial charge is 0.137 e. The van der Waals surface area contributed by atoms with Crippen molar-refractivity contribution >= 4 is 68.0 Å². The van der Waals surface area contributed by atoms with Crippen LogP contribution in [-0.2, 0) is 0 Å². The van der Waals surface area contributed by atoms with Crippen LogP contribution >= 0.6 is 12.9 Å². The Morgan fingerprint density at radius 2 is 1.09 bits per heavy atom. The van der Waals surface area contributed by atoms with Crippen LogP contribution in [0.25, 0.3) is 60.6 Å². The zero-order valence-electron chi connectivity index (χ0n) is 24.0. The molecule has 0 atom stereocenters. The molecule has 0 saturated heterocycles. The number of benzene rings is 6. The number of rotatable bonds is 4. The lowest BCUT2D eigenvalue weighted by molar-refractivity contribution is 0.669. The number of nitrogens with one attached hydrogen (secondary N) is 1. The number of anilines is 2. The van der Waals surface area contributed by atoms with Gasteiger partial charge in [0.05, 0.1) is 11.0 Å². The maximum atomic E-state index is 6.69. The molecule has 2 heterocycles. The van der Waals surface area contributed by atoms with Gasteiger partial charge in [-0.2, -0.15) is 0 Å². The summed E-state index contributed by atoms with van der Waals surface area (Å²) in [5.74, 6) is 0. The van der Waals surface area contributed by atoms with E-state index in [1.165, 1.54) is 38.6 Å². The summed E-state index contributed by atoms with van der Waals surface area (Å²) < 4.78 is 15.1. The van der Waals surface area contributed by atoms with Gasteiger partial charge in [-0.15, -0.1) is 0 Å². The van der Waals surface area contributed by atoms with Gasteiger partial charge in [-0.05, 0) is 78.6 Å². The highest BCUT2D eigenvalue weighted by Crippen LogP contribution is 2.35. The Morgan fingerprint density at radius 1 is 0.512 bits per heavy atom. The predicted molar refractivity (Wildman–Crippen MR) is 186 cm³/mol. The topological polar surface area (TPSA) is 50.3 Å². The van der Waals surface area contributed by atoms with Gasteiger partial charge in [-0.3, -0.25) is 0 Å². The van der Waals surface area contributed by atoms with Crippen molar-refractivity contribution in [1.82, 2.24) is 4.57 Å². The lowest BCUT2D eigenvalue weighted by Crippen LogP contribution is -1.93. The van der Waals surface area contributed by atoms with E-state index < -0.39 is 0 Å². The molecule has 0 aliphatic carbocycles. The Balaban J connectivity index is 0.000000792. The van der Waals surface area contributed by atoms with Crippen LogP contribution in [0, 0.1) is 0 Å². The Morgan fingerprint density at radius 3 is 1.88 bits per heavy atom. The highest BCUT2D eigenvalue weighted by atomic mass is 32.1. The number of aromatic nitrogens is 1. The van der Waals surface area contributed by atoms with Crippen molar-refractivity contribution < 1.29 is 8.97 Å². The second-order valence-corrected chi connectivity index (χ2v) is 9.93. The van der Waals surface area contributed by atoms with Gasteiger partial charge in [-0.1, -0.05) is 92.7 Å². The van der Waals surface area contributed by atoms with E-state index in [4.69, 9.17) is 8.97 Å². The van der Waals surface area contributed by atoms with E-state index in [0.717, 1.165) is 33.3 Å². The normalized spacial score (nSPS) is 10.8. The second kappa shape index (κ2) is 12.5. The Bertz CT molecular complexity index is 2150. The van der Waals surface area contributed by atoms with Crippen molar-refractivity contribution in [3.63, 3.8) is 0 Å². The summed E-state index contributed by atoms with van der Waals surface area (Å²) >= 11 is 2.53. The van der Waals surface area contributed by atoms with Gasteiger partial charge in [0.15, 0.2) is 0 Å². The Kier molecular flexibility index (Phi) is 8.18. The fourth-order valence-corrected chi connectivity index (χ4v) is 5.72. The minimum absolute atomic E-state index is 0.889. The van der Waals surface area contributed by atoms with Crippen LogP contribution in [0.5, 0.6) is 0 Å². The highest BCUT2D eigenvalue weighted by Gasteiger charge is 2.13. The summed E-state index contributed by atoms with van der Waals surface area (Å²) in [5, 5.41) is 8.34. The molecule has 0 bridgehead atoms. The quantitative estimate of drug-likeness (QED) is 0.143. The highest BCUT2D eigenvalue weighted by molar-refractivity contribution is 7.74. The van der Waals surface area contributed by atoms with E-state index in [0.29, 0.717) is 0 Å². The van der Waals surface area contributed by atoms with Gasteiger partial charge in [0.1, 0.15) is 11.2 Å². The average molecular weight is 581 g/mol. The largest absolute Gasteiger partial charge is 0.456 e. The van der Waals surface area contributed by atoms with Gasteiger partial charge >= 0.3 is 0 Å². The fourth-order valence-electron chi connectivity index (χ4n) is 5.72. The summed E-state index contributed by atoms with van der Waals surface area (Å²) in [4.78, 5) is 0. The van der Waals surface area contributed by atoms with Crippen LogP contribution in [0.2, 0.25) is 0 Å². The molecular weight excluding hydrogens is 548 g/mol. The van der Waals surface area contributed by atoms with Gasteiger partial charge in [0.2, 0.25) is 0 Å². The van der Waals surface area contributed by atoms with E-state index in [1.807, 2.05) is 32.0 Å². The van der Waals surface area contributed by atoms with Crippen molar-refractivity contribution in [3.8, 4) is 16.8 Å². The molecule has 0 radical (unpaired) electrons. The van der Waals surface area contributed by atoms with Gasteiger partial charge in [-0.25, -0.2) is 0 Å². The first-order valence-corrected chi connectivity index (χ1v) is 14.8. The first-order valence-electron chi connectivity index (χ1n) is 14.4. The summed E-state index contributed by atoms with van der Waals surface area (Å²) in [6, 6.07) is 49.1. The zero-order chi connectivity index (χ0) is 29.8. The minimum atomic E-state index is 0.889. The number of hydrogen-bond donors (Lipinski definition) is 3. The first-order chi connectivity index (χ1) is 21.3. The van der Waals surface area contributed by atoms with Crippen LogP contribution < -0.4 is 5.32 Å². The second-order valence-electron chi connectivity index (χ2n) is 9.93. The van der Waals surface area contributed by atoms with Crippen molar-refractivity contribution in [1.29, 1.82) is 0 Å². The van der Waals surface area contributed by atoms with E-state index in [2.05, 4.69) is 144 Å². The molecule has 0 saturated carbocycles. The third-order valence-electron chi connectivity index (χ3n) is 7.57. The van der Waals surface area contributed by atoms with Gasteiger partial charge in [0, 0.05) is 44.7 Å². The monoisotopic (exact) mass is 580 g/mol. The van der Waals surface area contributed by atoms with E-state index in [1.54, 1.807) is 0 Å². The van der Waals surface area contributed by atoms with Gasteiger partial charge in [0.25, 0.3) is 0 Å². The maximum absolute atomic E-state index is 6.69. The summed E-state index contributed by atoms with van der Waals surface area (Å²) in [6.45, 7) is 4.00. The van der Waals surface area contributed by atoms with E-state index in [-0.39, 0.29) is 0 Å². The van der Waals surface area contributed by atoms with Crippen molar-refractivity contribution in [2.45, 2.75) is 13.8 Å². The lowest BCUT2D eigenvalue weighted by Gasteiger charge is -2.10. The molecule has 8 aromatic rings. The summed E-state index contributed by atoms with van der Waals surface area (Å²) in [6.07, 6.45) is 0. The number of nitrogens with zero attached hydrogens (tertiary/aromatic N) is 1. The van der Waals surface area contributed by atoms with Crippen molar-refractivity contribution in [2.75, 3.05) is 5.32 Å². The molecule has 5 heteroatoms. The molecule has 0 aliphatic heterocycles. The number of fused-ring (bicyclic) bond motifs is 6. The molecule has 0 spiro atoms. The number of thiol groups is 1. The minimum Gasteiger partial charge on any atom is -0.456 e. The third kappa shape index (κ3) is 5.25. The lowest BCUT2D eigenvalue weighted by atomic mass is 10.0. The molecule has 0 amide bonds. The molecule has 2 N–H and O–H groups in total. The Hall–Kier alpha value is -4.97. The van der Waals surface area contributed by atoms with Crippen LogP contribution in [0.4, 0.5) is 11.4 Å². The fraction of sp³-hybridized carbons (Fsp3) is 0.0526. The van der Waals surface area contributed by atoms with E-state index in [9.17, 15) is 0 Å². The molecule has 212 valence electrons. The van der Waals surface area contributed by atoms with Crippen LogP contribution in [0.1, 0.15) is 13.8 Å². The predicted octanol–water partition coefficient (Wildman–Crippen LogP) is 11.5. The van der Waals surface area contributed by atoms with Crippen molar-refractivity contribution in [3.05, 3.63) is 140 Å². The van der Waals surface area contributed by atoms with Crippen molar-refractivity contribution in [2.24, 2.45) is 0 Å².